The van der Waals surface area contributed by atoms with Crippen molar-refractivity contribution in [2.75, 3.05) is 6.61 Å². The largest absolute Gasteiger partial charge is 0.377 e. The van der Waals surface area contributed by atoms with Crippen molar-refractivity contribution in [3.63, 3.8) is 0 Å². The maximum Gasteiger partial charge on any atom is 0.0661 e. The normalized spacial score (nSPS) is 34.4. The summed E-state index contributed by atoms with van der Waals surface area (Å²) in [5.41, 5.74) is 6.57. The van der Waals surface area contributed by atoms with Crippen LogP contribution in [0.15, 0.2) is 0 Å². The molecule has 0 saturated heterocycles. The van der Waals surface area contributed by atoms with Crippen LogP contribution in [-0.2, 0) is 4.74 Å². The summed E-state index contributed by atoms with van der Waals surface area (Å²) in [7, 11) is 0. The standard InChI is InChI=1S/C13H25NO/c1-10(2)9-15-12-8-11(14)13(12)6-4-3-5-7-13/h10-12H,3-9,14H2,1-2H3. The number of hydrogen-bond acceptors (Lipinski definition) is 2. The maximum absolute atomic E-state index is 6.20. The van der Waals surface area contributed by atoms with Crippen molar-refractivity contribution in [1.82, 2.24) is 0 Å². The van der Waals surface area contributed by atoms with Crippen LogP contribution >= 0.6 is 0 Å². The minimum absolute atomic E-state index is 0.368. The van der Waals surface area contributed by atoms with Crippen molar-refractivity contribution >= 4 is 0 Å². The summed E-state index contributed by atoms with van der Waals surface area (Å²) in [5, 5.41) is 0. The molecular weight excluding hydrogens is 186 g/mol. The van der Waals surface area contributed by atoms with E-state index in [9.17, 15) is 0 Å². The molecule has 2 heteroatoms. The SMILES string of the molecule is CC(C)COC1CC(N)C12CCCCC2. The van der Waals surface area contributed by atoms with Crippen molar-refractivity contribution in [2.24, 2.45) is 17.1 Å². The van der Waals surface area contributed by atoms with Gasteiger partial charge < -0.3 is 10.5 Å². The van der Waals surface area contributed by atoms with E-state index in [0.29, 0.717) is 23.5 Å². The molecule has 2 nitrogen and oxygen atoms in total. The molecule has 88 valence electrons. The number of nitrogens with two attached hydrogens (primary N) is 1. The fourth-order valence-corrected chi connectivity index (χ4v) is 3.22. The molecule has 2 aliphatic carbocycles. The summed E-state index contributed by atoms with van der Waals surface area (Å²) in [6.07, 6.45) is 8.27. The van der Waals surface area contributed by atoms with E-state index in [2.05, 4.69) is 13.8 Å². The minimum Gasteiger partial charge on any atom is -0.377 e. The lowest BCUT2D eigenvalue weighted by Crippen LogP contribution is -2.63. The van der Waals surface area contributed by atoms with Crippen LogP contribution in [0.3, 0.4) is 0 Å². The highest BCUT2D eigenvalue weighted by Gasteiger charge is 2.53. The quantitative estimate of drug-likeness (QED) is 0.779. The van der Waals surface area contributed by atoms with Gasteiger partial charge in [0.25, 0.3) is 0 Å². The molecule has 2 N–H and O–H groups in total. The van der Waals surface area contributed by atoms with Gasteiger partial charge in [0.2, 0.25) is 0 Å². The van der Waals surface area contributed by atoms with Gasteiger partial charge in [-0.25, -0.2) is 0 Å². The number of hydrogen-bond donors (Lipinski definition) is 1. The number of rotatable bonds is 3. The monoisotopic (exact) mass is 211 g/mol. The Morgan fingerprint density at radius 3 is 2.47 bits per heavy atom. The molecule has 2 aliphatic rings. The Morgan fingerprint density at radius 2 is 1.93 bits per heavy atom. The van der Waals surface area contributed by atoms with Crippen molar-refractivity contribution in [2.45, 2.75) is 64.5 Å². The van der Waals surface area contributed by atoms with Crippen LogP contribution in [0.2, 0.25) is 0 Å². The summed E-state index contributed by atoms with van der Waals surface area (Å²) in [6.45, 7) is 5.33. The van der Waals surface area contributed by atoms with Gasteiger partial charge in [0.1, 0.15) is 0 Å². The summed E-state index contributed by atoms with van der Waals surface area (Å²) in [4.78, 5) is 0. The topological polar surface area (TPSA) is 35.2 Å². The molecule has 15 heavy (non-hydrogen) atoms. The Labute approximate surface area is 93.6 Å². The minimum atomic E-state index is 0.368. The molecule has 0 aromatic heterocycles. The fourth-order valence-electron chi connectivity index (χ4n) is 3.22. The molecular formula is C13H25NO. The molecule has 2 atom stereocenters. The van der Waals surface area contributed by atoms with E-state index in [4.69, 9.17) is 10.5 Å². The Bertz CT molecular complexity index is 209. The van der Waals surface area contributed by atoms with E-state index in [0.717, 1.165) is 13.0 Å². The van der Waals surface area contributed by atoms with Gasteiger partial charge in [-0.15, -0.1) is 0 Å². The van der Waals surface area contributed by atoms with Crippen LogP contribution < -0.4 is 5.73 Å². The highest BCUT2D eigenvalue weighted by atomic mass is 16.5. The van der Waals surface area contributed by atoms with E-state index < -0.39 is 0 Å². The van der Waals surface area contributed by atoms with Gasteiger partial charge in [0.05, 0.1) is 6.10 Å². The van der Waals surface area contributed by atoms with Crippen molar-refractivity contribution < 1.29 is 4.74 Å². The molecule has 0 radical (unpaired) electrons. The summed E-state index contributed by atoms with van der Waals surface area (Å²) >= 11 is 0. The van der Waals surface area contributed by atoms with E-state index in [1.807, 2.05) is 0 Å². The fraction of sp³-hybridized carbons (Fsp3) is 1.00. The van der Waals surface area contributed by atoms with Gasteiger partial charge in [-0.2, -0.15) is 0 Å². The molecule has 0 aliphatic heterocycles. The maximum atomic E-state index is 6.20. The van der Waals surface area contributed by atoms with Gasteiger partial charge in [-0.05, 0) is 25.2 Å². The average Bonchev–Trinajstić information content (AvgIpc) is 2.25. The van der Waals surface area contributed by atoms with Crippen LogP contribution in [0.1, 0.15) is 52.4 Å². The second kappa shape index (κ2) is 4.42. The Morgan fingerprint density at radius 1 is 1.27 bits per heavy atom. The van der Waals surface area contributed by atoms with Gasteiger partial charge in [0, 0.05) is 18.1 Å². The van der Waals surface area contributed by atoms with Crippen molar-refractivity contribution in [3.05, 3.63) is 0 Å². The predicted octanol–water partition coefficient (Wildman–Crippen LogP) is 2.71. The van der Waals surface area contributed by atoms with Crippen molar-refractivity contribution in [3.8, 4) is 0 Å². The van der Waals surface area contributed by atoms with Gasteiger partial charge >= 0.3 is 0 Å². The second-order valence-electron chi connectivity index (χ2n) is 5.85. The Hall–Kier alpha value is -0.0800. The van der Waals surface area contributed by atoms with Crippen LogP contribution in [-0.4, -0.2) is 18.8 Å². The molecule has 2 unspecified atom stereocenters. The summed E-state index contributed by atoms with van der Waals surface area (Å²) in [5.74, 6) is 0.641. The predicted molar refractivity (Wildman–Crippen MR) is 62.7 cm³/mol. The first kappa shape index (κ1) is 11.4. The van der Waals surface area contributed by atoms with Crippen LogP contribution in [0, 0.1) is 11.3 Å². The first-order valence-corrected chi connectivity index (χ1v) is 6.52. The zero-order chi connectivity index (χ0) is 10.9. The Balaban J connectivity index is 1.90. The molecule has 0 amide bonds. The zero-order valence-corrected chi connectivity index (χ0v) is 10.2. The highest BCUT2D eigenvalue weighted by Crippen LogP contribution is 2.52. The van der Waals surface area contributed by atoms with E-state index >= 15 is 0 Å². The molecule has 2 rings (SSSR count). The second-order valence-corrected chi connectivity index (χ2v) is 5.85. The van der Waals surface area contributed by atoms with E-state index in [1.54, 1.807) is 0 Å². The van der Waals surface area contributed by atoms with E-state index in [1.165, 1.54) is 32.1 Å². The molecule has 0 heterocycles. The molecule has 1 spiro atoms. The molecule has 0 aromatic carbocycles. The van der Waals surface area contributed by atoms with Gasteiger partial charge in [-0.1, -0.05) is 33.1 Å². The van der Waals surface area contributed by atoms with Crippen molar-refractivity contribution in [1.29, 1.82) is 0 Å². The van der Waals surface area contributed by atoms with Gasteiger partial charge in [0.15, 0.2) is 0 Å². The third-order valence-corrected chi connectivity index (χ3v) is 4.26. The first-order valence-electron chi connectivity index (χ1n) is 6.52. The molecule has 2 fully saturated rings. The third-order valence-electron chi connectivity index (χ3n) is 4.26. The number of ether oxygens (including phenoxy) is 1. The lowest BCUT2D eigenvalue weighted by molar-refractivity contribution is -0.148. The lowest BCUT2D eigenvalue weighted by Gasteiger charge is -2.56. The lowest BCUT2D eigenvalue weighted by atomic mass is 9.55. The third kappa shape index (κ3) is 2.07. The molecule has 2 saturated carbocycles. The molecule has 0 aromatic rings. The highest BCUT2D eigenvalue weighted by molar-refractivity contribution is 5.07. The van der Waals surface area contributed by atoms with E-state index in [-0.39, 0.29) is 0 Å². The molecule has 0 bridgehead atoms. The summed E-state index contributed by atoms with van der Waals surface area (Å²) < 4.78 is 6.02. The average molecular weight is 211 g/mol. The smallest absolute Gasteiger partial charge is 0.0661 e. The van der Waals surface area contributed by atoms with Gasteiger partial charge in [-0.3, -0.25) is 0 Å². The first-order chi connectivity index (χ1) is 7.15. The summed E-state index contributed by atoms with van der Waals surface area (Å²) in [6, 6.07) is 0.412. The van der Waals surface area contributed by atoms with Crippen LogP contribution in [0.5, 0.6) is 0 Å². The van der Waals surface area contributed by atoms with Crippen LogP contribution in [0.25, 0.3) is 0 Å². The Kier molecular flexibility index (Phi) is 3.36. The zero-order valence-electron chi connectivity index (χ0n) is 10.2. The van der Waals surface area contributed by atoms with Crippen LogP contribution in [0.4, 0.5) is 0 Å².